The van der Waals surface area contributed by atoms with Crippen LogP contribution in [-0.2, 0) is 10.3 Å². The first-order chi connectivity index (χ1) is 14.2. The second-order valence-electron chi connectivity index (χ2n) is 6.82. The summed E-state index contributed by atoms with van der Waals surface area (Å²) in [4.78, 5) is 11.8. The minimum atomic E-state index is -0.982. The van der Waals surface area contributed by atoms with Gasteiger partial charge in [0.2, 0.25) is 0 Å². The average molecular weight is 384 g/mol. The van der Waals surface area contributed by atoms with Gasteiger partial charge in [0, 0.05) is 0 Å². The number of benzene rings is 3. The minimum Gasteiger partial charge on any atom is -0.481 e. The number of carboxylic acid groups (broad SMARTS) is 1. The number of aliphatic carboxylic acids is 1. The van der Waals surface area contributed by atoms with Crippen LogP contribution in [0.5, 0.6) is 0 Å². The van der Waals surface area contributed by atoms with Crippen molar-refractivity contribution < 1.29 is 9.90 Å². The first kappa shape index (κ1) is 18.6. The molecule has 0 aliphatic carbocycles. The molecule has 0 saturated carbocycles. The molecule has 3 aromatic carbocycles. The Morgan fingerprint density at radius 1 is 0.828 bits per heavy atom. The van der Waals surface area contributed by atoms with Crippen LogP contribution in [0.4, 0.5) is 0 Å². The summed E-state index contributed by atoms with van der Waals surface area (Å²) in [7, 11) is 0. The van der Waals surface area contributed by atoms with Crippen LogP contribution in [0.2, 0.25) is 0 Å². The lowest BCUT2D eigenvalue weighted by molar-refractivity contribution is -0.138. The minimum absolute atomic E-state index is 0.286. The summed E-state index contributed by atoms with van der Waals surface area (Å²) in [6.07, 6.45) is 0. The number of tetrazole rings is 1. The Kier molecular flexibility index (Phi) is 4.91. The van der Waals surface area contributed by atoms with E-state index in [0.29, 0.717) is 0 Å². The van der Waals surface area contributed by atoms with Crippen LogP contribution in [-0.4, -0.2) is 31.3 Å². The summed E-state index contributed by atoms with van der Waals surface area (Å²) in [5.74, 6) is -1.57. The third kappa shape index (κ3) is 3.08. The SMILES string of the molecule is CC(C(=O)O)c1nnnn1C(c1ccccc1)(c1ccccc1)c1ccccc1. The molecule has 6 heteroatoms. The lowest BCUT2D eigenvalue weighted by Gasteiger charge is -2.36. The Morgan fingerprint density at radius 3 is 1.62 bits per heavy atom. The summed E-state index contributed by atoms with van der Waals surface area (Å²) in [6.45, 7) is 1.59. The van der Waals surface area contributed by atoms with Gasteiger partial charge in [0.15, 0.2) is 5.82 Å². The Morgan fingerprint density at radius 2 is 1.24 bits per heavy atom. The van der Waals surface area contributed by atoms with Crippen LogP contribution in [0.3, 0.4) is 0 Å². The summed E-state index contributed by atoms with van der Waals surface area (Å²) in [5, 5.41) is 21.9. The Balaban J connectivity index is 2.13. The van der Waals surface area contributed by atoms with Crippen molar-refractivity contribution in [2.75, 3.05) is 0 Å². The predicted molar refractivity (Wildman–Crippen MR) is 108 cm³/mol. The number of rotatable bonds is 6. The van der Waals surface area contributed by atoms with Crippen molar-refractivity contribution in [1.29, 1.82) is 0 Å². The van der Waals surface area contributed by atoms with E-state index in [0.717, 1.165) is 16.7 Å². The fraction of sp³-hybridized carbons (Fsp3) is 0.130. The quantitative estimate of drug-likeness (QED) is 0.513. The van der Waals surface area contributed by atoms with Gasteiger partial charge in [-0.05, 0) is 34.0 Å². The molecule has 0 fully saturated rings. The molecule has 0 aliphatic rings. The molecule has 1 aromatic heterocycles. The van der Waals surface area contributed by atoms with E-state index in [1.54, 1.807) is 11.6 Å². The summed E-state index contributed by atoms with van der Waals surface area (Å²) >= 11 is 0. The van der Waals surface area contributed by atoms with Crippen molar-refractivity contribution in [1.82, 2.24) is 20.2 Å². The van der Waals surface area contributed by atoms with Crippen LogP contribution in [0, 0.1) is 0 Å². The highest BCUT2D eigenvalue weighted by Gasteiger charge is 2.42. The molecule has 0 radical (unpaired) electrons. The third-order valence-corrected chi connectivity index (χ3v) is 5.14. The van der Waals surface area contributed by atoms with Gasteiger partial charge >= 0.3 is 5.97 Å². The lowest BCUT2D eigenvalue weighted by atomic mass is 9.77. The van der Waals surface area contributed by atoms with E-state index in [1.165, 1.54) is 0 Å². The molecular weight excluding hydrogens is 364 g/mol. The Hall–Kier alpha value is -3.80. The van der Waals surface area contributed by atoms with Crippen LogP contribution >= 0.6 is 0 Å². The molecule has 4 aromatic rings. The van der Waals surface area contributed by atoms with Crippen LogP contribution in [0.15, 0.2) is 91.0 Å². The standard InChI is InChI=1S/C23H20N4O2/c1-17(22(28)29)21-24-25-26-27(21)23(18-11-5-2-6-12-18,19-13-7-3-8-14-19)20-15-9-4-10-16-20/h2-17H,1H3,(H,28,29). The molecule has 0 saturated heterocycles. The fourth-order valence-corrected chi connectivity index (χ4v) is 3.72. The Labute approximate surface area is 168 Å². The summed E-state index contributed by atoms with van der Waals surface area (Å²) < 4.78 is 1.64. The zero-order valence-corrected chi connectivity index (χ0v) is 15.9. The molecule has 0 bridgehead atoms. The van der Waals surface area contributed by atoms with Crippen molar-refractivity contribution in [3.05, 3.63) is 114 Å². The highest BCUT2D eigenvalue weighted by Crippen LogP contribution is 2.41. The maximum atomic E-state index is 11.8. The smallest absolute Gasteiger partial charge is 0.314 e. The monoisotopic (exact) mass is 384 g/mol. The average Bonchev–Trinajstić information content (AvgIpc) is 3.26. The van der Waals surface area contributed by atoms with E-state index in [9.17, 15) is 9.90 Å². The molecule has 0 spiro atoms. The molecule has 1 unspecified atom stereocenters. The van der Waals surface area contributed by atoms with E-state index in [-0.39, 0.29) is 5.82 Å². The zero-order valence-electron chi connectivity index (χ0n) is 15.9. The van der Waals surface area contributed by atoms with Crippen LogP contribution in [0.25, 0.3) is 0 Å². The van der Waals surface area contributed by atoms with Crippen LogP contribution < -0.4 is 0 Å². The number of aromatic nitrogens is 4. The van der Waals surface area contributed by atoms with Crippen molar-refractivity contribution >= 4 is 5.97 Å². The molecule has 1 atom stereocenters. The summed E-state index contributed by atoms with van der Waals surface area (Å²) in [6, 6.07) is 29.7. The molecule has 1 heterocycles. The number of nitrogens with zero attached hydrogens (tertiary/aromatic N) is 4. The number of hydrogen-bond acceptors (Lipinski definition) is 4. The fourth-order valence-electron chi connectivity index (χ4n) is 3.72. The van der Waals surface area contributed by atoms with Gasteiger partial charge in [0.25, 0.3) is 0 Å². The van der Waals surface area contributed by atoms with Crippen molar-refractivity contribution in [3.63, 3.8) is 0 Å². The molecule has 144 valence electrons. The largest absolute Gasteiger partial charge is 0.481 e. The maximum absolute atomic E-state index is 11.8. The second-order valence-corrected chi connectivity index (χ2v) is 6.82. The van der Waals surface area contributed by atoms with Gasteiger partial charge in [0.05, 0.1) is 0 Å². The summed E-state index contributed by atoms with van der Waals surface area (Å²) in [5.41, 5.74) is 1.88. The normalized spacial score (nSPS) is 12.4. The van der Waals surface area contributed by atoms with Gasteiger partial charge in [-0.2, -0.15) is 0 Å². The van der Waals surface area contributed by atoms with Crippen LogP contribution in [0.1, 0.15) is 35.4 Å². The first-order valence-electron chi connectivity index (χ1n) is 9.34. The maximum Gasteiger partial charge on any atom is 0.314 e. The third-order valence-electron chi connectivity index (χ3n) is 5.14. The molecule has 0 amide bonds. The van der Waals surface area contributed by atoms with E-state index in [1.807, 2.05) is 91.0 Å². The number of hydrogen-bond donors (Lipinski definition) is 1. The molecule has 0 aliphatic heterocycles. The first-order valence-corrected chi connectivity index (χ1v) is 9.34. The highest BCUT2D eigenvalue weighted by molar-refractivity contribution is 5.74. The lowest BCUT2D eigenvalue weighted by Crippen LogP contribution is -2.40. The second kappa shape index (κ2) is 7.67. The molecule has 4 rings (SSSR count). The van der Waals surface area contributed by atoms with Crippen molar-refractivity contribution in [2.24, 2.45) is 0 Å². The topological polar surface area (TPSA) is 80.9 Å². The van der Waals surface area contributed by atoms with Gasteiger partial charge < -0.3 is 5.11 Å². The number of carboxylic acids is 1. The zero-order chi connectivity index (χ0) is 20.3. The van der Waals surface area contributed by atoms with Gasteiger partial charge in [-0.3, -0.25) is 4.79 Å². The van der Waals surface area contributed by atoms with Gasteiger partial charge in [-0.15, -0.1) is 5.10 Å². The van der Waals surface area contributed by atoms with E-state index < -0.39 is 17.4 Å². The molecule has 6 nitrogen and oxygen atoms in total. The van der Waals surface area contributed by atoms with E-state index in [4.69, 9.17) is 0 Å². The molecule has 29 heavy (non-hydrogen) atoms. The Bertz CT molecular complexity index is 999. The van der Waals surface area contributed by atoms with Gasteiger partial charge in [-0.1, -0.05) is 91.0 Å². The van der Waals surface area contributed by atoms with Gasteiger partial charge in [0.1, 0.15) is 11.5 Å². The highest BCUT2D eigenvalue weighted by atomic mass is 16.4. The van der Waals surface area contributed by atoms with Gasteiger partial charge in [-0.25, -0.2) is 4.68 Å². The van der Waals surface area contributed by atoms with Crippen molar-refractivity contribution in [3.8, 4) is 0 Å². The molecular formula is C23H20N4O2. The molecule has 1 N–H and O–H groups in total. The van der Waals surface area contributed by atoms with Crippen molar-refractivity contribution in [2.45, 2.75) is 18.4 Å². The predicted octanol–water partition coefficient (Wildman–Crippen LogP) is 3.70. The number of carbonyl (C=O) groups is 1. The van der Waals surface area contributed by atoms with E-state index in [2.05, 4.69) is 15.5 Å². The van der Waals surface area contributed by atoms with E-state index >= 15 is 0 Å².